The zero-order valence-corrected chi connectivity index (χ0v) is 57.4. The van der Waals surface area contributed by atoms with Crippen LogP contribution in [-0.2, 0) is 99.4 Å². The van der Waals surface area contributed by atoms with Crippen LogP contribution in [0, 0.1) is 47.3 Å². The fourth-order valence-electron chi connectivity index (χ4n) is 14.5. The molecule has 17 nitrogen and oxygen atoms in total. The van der Waals surface area contributed by atoms with Gasteiger partial charge in [0.2, 0.25) is 0 Å². The Hall–Kier alpha value is -5.15. The lowest BCUT2D eigenvalue weighted by Gasteiger charge is -2.55. The van der Waals surface area contributed by atoms with Crippen LogP contribution in [0.5, 0.6) is 0 Å². The van der Waals surface area contributed by atoms with Gasteiger partial charge in [-0.25, -0.2) is 0 Å². The van der Waals surface area contributed by atoms with Crippen LogP contribution in [0.4, 0.5) is 0 Å². The van der Waals surface area contributed by atoms with Crippen molar-refractivity contribution in [1.29, 1.82) is 0 Å². The number of nitrogens with zero attached hydrogens (tertiary/aromatic N) is 3. The zero-order valence-electron chi connectivity index (χ0n) is 57.4. The van der Waals surface area contributed by atoms with E-state index in [4.69, 9.17) is 66.3 Å². The summed E-state index contributed by atoms with van der Waals surface area (Å²) in [5.41, 5.74) is 14.1. The van der Waals surface area contributed by atoms with Crippen LogP contribution in [0.25, 0.3) is 10.4 Å². The smallest absolute Gasteiger partial charge is 0.187 e. The van der Waals surface area contributed by atoms with Gasteiger partial charge in [0.1, 0.15) is 30.5 Å². The molecule has 94 heavy (non-hydrogen) atoms. The Balaban J connectivity index is 1.04. The molecule has 5 aromatic rings. The summed E-state index contributed by atoms with van der Waals surface area (Å²) in [6.45, 7) is 27.7. The van der Waals surface area contributed by atoms with Crippen LogP contribution < -0.4 is 0 Å². The molecule has 25 atom stereocenters. The molecule has 10 unspecified atom stereocenters. The van der Waals surface area contributed by atoms with E-state index in [1.807, 2.05) is 134 Å². The van der Waals surface area contributed by atoms with Crippen LogP contribution >= 0.6 is 0 Å². The molecule has 0 amide bonds. The largest absolute Gasteiger partial charge is 0.374 e. The first kappa shape index (κ1) is 71.6. The van der Waals surface area contributed by atoms with Gasteiger partial charge in [0.05, 0.1) is 88.4 Å². The van der Waals surface area contributed by atoms with Gasteiger partial charge >= 0.3 is 0 Å². The highest BCUT2D eigenvalue weighted by Crippen LogP contribution is 2.47. The van der Waals surface area contributed by atoms with Crippen molar-refractivity contribution in [3.8, 4) is 0 Å². The molecule has 0 N–H and O–H groups in total. The molecule has 10 rings (SSSR count). The van der Waals surface area contributed by atoms with Crippen molar-refractivity contribution < 1.29 is 66.3 Å². The Morgan fingerprint density at radius 1 is 0.383 bits per heavy atom. The molecule has 0 radical (unpaired) electrons. The lowest BCUT2D eigenvalue weighted by Crippen LogP contribution is -2.67. The quantitative estimate of drug-likeness (QED) is 0.0251. The Labute approximate surface area is 559 Å². The first-order chi connectivity index (χ1) is 45.6. The second-order valence-corrected chi connectivity index (χ2v) is 27.4. The summed E-state index contributed by atoms with van der Waals surface area (Å²) in [5, 5.41) is 4.39. The maximum Gasteiger partial charge on any atom is 0.187 e. The Morgan fingerprint density at radius 3 is 1.21 bits per heavy atom. The van der Waals surface area contributed by atoms with Crippen LogP contribution in [0.3, 0.4) is 0 Å². The Kier molecular flexibility index (Phi) is 26.2. The summed E-state index contributed by atoms with van der Waals surface area (Å²) >= 11 is 0. The highest BCUT2D eigenvalue weighted by atomic mass is 16.8. The number of benzene rings is 5. The molecular weight excluding hydrogens is 1190 g/mol. The number of hydrogen-bond acceptors (Lipinski definition) is 15. The molecule has 0 saturated carbocycles. The van der Waals surface area contributed by atoms with E-state index >= 15 is 0 Å². The summed E-state index contributed by atoms with van der Waals surface area (Å²) in [6.07, 6.45) is -7.43. The molecule has 5 aromatic carbocycles. The molecule has 5 aliphatic heterocycles. The fraction of sp³-hybridized carbons (Fsp3) is 0.610. The van der Waals surface area contributed by atoms with Gasteiger partial charge < -0.3 is 66.3 Å². The minimum absolute atomic E-state index is 0.0328. The van der Waals surface area contributed by atoms with Gasteiger partial charge in [0, 0.05) is 10.8 Å². The minimum atomic E-state index is -1.19. The van der Waals surface area contributed by atoms with Crippen LogP contribution in [-0.4, -0.2) is 117 Å². The predicted molar refractivity (Wildman–Crippen MR) is 358 cm³/mol. The molecule has 0 bridgehead atoms. The van der Waals surface area contributed by atoms with E-state index in [2.05, 4.69) is 110 Å². The van der Waals surface area contributed by atoms with Gasteiger partial charge in [-0.15, -0.1) is 0 Å². The SMILES string of the molecule is CCC1O[C@H](OCC2(C)O[C@@H](O[C@@H]3C(COCc4ccccc4)O[C@@H](OCc4ccccc4)C(N=[N+]=[N-])[C@H]3C)C(OCc3ccccc3)[C@@H](O[C@H]3O[C@@H](CC)[C@@H](C)C(C)C3O[C@H]3O[C@@H](CC)[C@@H](C)C(C)C3OCc3ccccc3)[C@@H]2C)C(OCc2ccccc2)[C@@H](C)[C@@H]1C. The van der Waals surface area contributed by atoms with Crippen molar-refractivity contribution in [3.05, 3.63) is 190 Å². The topological polar surface area (TPSA) is 178 Å². The average molecular weight is 1300 g/mol. The molecular formula is C77H105N3O14. The number of hydrogen-bond donors (Lipinski definition) is 0. The normalized spacial score (nSPS) is 36.9. The maximum absolute atomic E-state index is 10.3. The van der Waals surface area contributed by atoms with Gasteiger partial charge in [-0.3, -0.25) is 0 Å². The van der Waals surface area contributed by atoms with Crippen molar-refractivity contribution in [3.63, 3.8) is 0 Å². The molecule has 17 heteroatoms. The third kappa shape index (κ3) is 17.6. The van der Waals surface area contributed by atoms with Crippen molar-refractivity contribution >= 4 is 0 Å². The highest BCUT2D eigenvalue weighted by molar-refractivity contribution is 5.17. The van der Waals surface area contributed by atoms with Crippen LogP contribution in [0.15, 0.2) is 157 Å². The summed E-state index contributed by atoms with van der Waals surface area (Å²) in [6, 6.07) is 49.5. The molecule has 5 aliphatic rings. The van der Waals surface area contributed by atoms with E-state index < -0.39 is 97.7 Å². The molecule has 0 aliphatic carbocycles. The summed E-state index contributed by atoms with van der Waals surface area (Å²) < 4.78 is 100. The average Bonchev–Trinajstić information content (AvgIpc) is 0.756. The van der Waals surface area contributed by atoms with Gasteiger partial charge in [-0.2, -0.15) is 0 Å². The second-order valence-electron chi connectivity index (χ2n) is 27.4. The standard InChI is InChI=1S/C77H105N3O14/c1-13-61-48(4)51(7)67(82-42-57-33-23-17-24-34-57)73(87-61)86-47-77(12)55(11)70(93-75-69(53(9)50(6)63(15-3)89-75)92-74-68(52(8)49(5)62(14-2)88-74)83-43-58-35-25-18-26-36-58)71(84-44-59-37-27-19-28-38-59)76(94-77)91-66-54(10)65(79-80-78)72(85-45-60-39-29-20-30-40-60)90-64(66)46-81-41-56-31-21-16-22-32-56/h16-40,48-55,61-76H,13-15,41-47H2,1-12H3/t48-,49-,50-,51-,52?,53?,54+,55-,61?,62-,63-,64?,65?,66-,67?,68?,69?,70-,71?,72+,73-,74+,75+,76+,77?/m0/s1. The van der Waals surface area contributed by atoms with E-state index in [1.54, 1.807) is 0 Å². The van der Waals surface area contributed by atoms with E-state index in [1.165, 1.54) is 0 Å². The lowest BCUT2D eigenvalue weighted by molar-refractivity contribution is -0.399. The molecule has 5 heterocycles. The molecule has 512 valence electrons. The number of ether oxygens (including phenoxy) is 14. The second kappa shape index (κ2) is 34.4. The molecule has 5 saturated heterocycles. The van der Waals surface area contributed by atoms with E-state index in [9.17, 15) is 5.53 Å². The van der Waals surface area contributed by atoms with E-state index in [0.29, 0.717) is 19.8 Å². The zero-order chi connectivity index (χ0) is 66.3. The van der Waals surface area contributed by atoms with Crippen molar-refractivity contribution in [2.24, 2.45) is 52.5 Å². The maximum atomic E-state index is 10.3. The Morgan fingerprint density at radius 2 is 0.755 bits per heavy atom. The number of rotatable bonds is 29. The first-order valence-electron chi connectivity index (χ1n) is 34.8. The minimum Gasteiger partial charge on any atom is -0.374 e. The molecule has 0 spiro atoms. The molecule has 0 aromatic heterocycles. The van der Waals surface area contributed by atoms with Crippen molar-refractivity contribution in [2.45, 2.75) is 240 Å². The Bertz CT molecular complexity index is 3050. The van der Waals surface area contributed by atoms with E-state index in [0.717, 1.165) is 47.1 Å². The van der Waals surface area contributed by atoms with Crippen LogP contribution in [0.2, 0.25) is 0 Å². The van der Waals surface area contributed by atoms with Gasteiger partial charge in [-0.05, 0) is 101 Å². The van der Waals surface area contributed by atoms with Crippen molar-refractivity contribution in [2.75, 3.05) is 13.2 Å². The first-order valence-corrected chi connectivity index (χ1v) is 34.8. The highest BCUT2D eigenvalue weighted by Gasteiger charge is 2.58. The monoisotopic (exact) mass is 1300 g/mol. The lowest BCUT2D eigenvalue weighted by atomic mass is 9.79. The van der Waals surface area contributed by atoms with Crippen molar-refractivity contribution in [1.82, 2.24) is 0 Å². The van der Waals surface area contributed by atoms with Gasteiger partial charge in [-0.1, -0.05) is 233 Å². The third-order valence-corrected chi connectivity index (χ3v) is 21.3. The summed E-state index contributed by atoms with van der Waals surface area (Å²) in [4.78, 5) is 3.38. The summed E-state index contributed by atoms with van der Waals surface area (Å²) in [5.74, 6) is -0.445. The van der Waals surface area contributed by atoms with Gasteiger partial charge in [0.15, 0.2) is 31.5 Å². The molecule has 5 fully saturated rings. The fourth-order valence-corrected chi connectivity index (χ4v) is 14.5. The number of azide groups is 1. The van der Waals surface area contributed by atoms with E-state index in [-0.39, 0.29) is 80.2 Å². The summed E-state index contributed by atoms with van der Waals surface area (Å²) in [7, 11) is 0. The van der Waals surface area contributed by atoms with Crippen LogP contribution in [0.1, 0.15) is 130 Å². The predicted octanol–water partition coefficient (Wildman–Crippen LogP) is 15.4. The third-order valence-electron chi connectivity index (χ3n) is 21.3. The van der Waals surface area contributed by atoms with Gasteiger partial charge in [0.25, 0.3) is 0 Å².